The second-order valence-electron chi connectivity index (χ2n) is 5.68. The van der Waals surface area contributed by atoms with Gasteiger partial charge in [-0.1, -0.05) is 32.1 Å². The first-order chi connectivity index (χ1) is 8.25. The van der Waals surface area contributed by atoms with Crippen molar-refractivity contribution in [2.75, 3.05) is 0 Å². The molecule has 0 aliphatic heterocycles. The lowest BCUT2D eigenvalue weighted by molar-refractivity contribution is -0.122. The summed E-state index contributed by atoms with van der Waals surface area (Å²) in [5.41, 5.74) is 0. The molecule has 2 aliphatic rings. The summed E-state index contributed by atoms with van der Waals surface area (Å²) in [5.74, 6) is 0.865. The Kier molecular flexibility index (Phi) is 5.15. The Morgan fingerprint density at radius 2 is 1.65 bits per heavy atom. The summed E-state index contributed by atoms with van der Waals surface area (Å²) < 4.78 is 0. The van der Waals surface area contributed by atoms with Crippen LogP contribution in [0.3, 0.4) is 0 Å². The molecule has 2 nitrogen and oxygen atoms in total. The number of nitrogens with one attached hydrogen (secondary N) is 1. The van der Waals surface area contributed by atoms with Crippen LogP contribution in [0.25, 0.3) is 0 Å². The average Bonchev–Trinajstić information content (AvgIpc) is 2.71. The van der Waals surface area contributed by atoms with Crippen LogP contribution in [0, 0.1) is 5.92 Å². The summed E-state index contributed by atoms with van der Waals surface area (Å²) >= 11 is 6.33. The van der Waals surface area contributed by atoms with Crippen molar-refractivity contribution in [1.82, 2.24) is 5.32 Å². The van der Waals surface area contributed by atoms with E-state index in [9.17, 15) is 4.79 Å². The molecule has 0 heterocycles. The van der Waals surface area contributed by atoms with E-state index in [1.165, 1.54) is 44.9 Å². The van der Waals surface area contributed by atoms with Gasteiger partial charge in [-0.2, -0.15) is 0 Å². The maximum Gasteiger partial charge on any atom is 0.220 e. The predicted molar refractivity (Wildman–Crippen MR) is 71.2 cm³/mol. The van der Waals surface area contributed by atoms with Crippen molar-refractivity contribution in [3.63, 3.8) is 0 Å². The number of alkyl halides is 1. The van der Waals surface area contributed by atoms with E-state index in [1.807, 2.05) is 0 Å². The summed E-state index contributed by atoms with van der Waals surface area (Å²) in [6.45, 7) is 0. The maximum absolute atomic E-state index is 12.0. The molecule has 17 heavy (non-hydrogen) atoms. The van der Waals surface area contributed by atoms with E-state index in [0.29, 0.717) is 5.92 Å². The van der Waals surface area contributed by atoms with E-state index in [4.69, 9.17) is 11.6 Å². The minimum Gasteiger partial charge on any atom is -0.352 e. The van der Waals surface area contributed by atoms with Crippen LogP contribution < -0.4 is 5.32 Å². The first-order valence-corrected chi connectivity index (χ1v) is 7.63. The number of amides is 1. The summed E-state index contributed by atoms with van der Waals surface area (Å²) in [6, 6.07) is 0.216. The SMILES string of the molecule is O=C(CC1CCCC1)NC1CCCCCC1Cl. The van der Waals surface area contributed by atoms with Crippen molar-refractivity contribution in [2.45, 2.75) is 75.6 Å². The third-order valence-electron chi connectivity index (χ3n) is 4.23. The van der Waals surface area contributed by atoms with Crippen molar-refractivity contribution in [3.8, 4) is 0 Å². The number of hydrogen-bond donors (Lipinski definition) is 1. The van der Waals surface area contributed by atoms with E-state index >= 15 is 0 Å². The summed E-state index contributed by atoms with van der Waals surface area (Å²) in [6.07, 6.45) is 11.6. The van der Waals surface area contributed by atoms with Crippen LogP contribution in [0.15, 0.2) is 0 Å². The van der Waals surface area contributed by atoms with E-state index in [-0.39, 0.29) is 17.3 Å². The van der Waals surface area contributed by atoms with Gasteiger partial charge in [-0.25, -0.2) is 0 Å². The van der Waals surface area contributed by atoms with Gasteiger partial charge in [-0.05, 0) is 31.6 Å². The number of halogens is 1. The Hall–Kier alpha value is -0.240. The van der Waals surface area contributed by atoms with E-state index < -0.39 is 0 Å². The molecule has 2 saturated carbocycles. The lowest BCUT2D eigenvalue weighted by Crippen LogP contribution is -2.41. The lowest BCUT2D eigenvalue weighted by atomic mass is 10.0. The van der Waals surface area contributed by atoms with Crippen molar-refractivity contribution in [3.05, 3.63) is 0 Å². The maximum atomic E-state index is 12.0. The van der Waals surface area contributed by atoms with Gasteiger partial charge in [0.1, 0.15) is 0 Å². The third kappa shape index (κ3) is 4.17. The molecule has 1 amide bonds. The quantitative estimate of drug-likeness (QED) is 0.607. The van der Waals surface area contributed by atoms with Crippen LogP contribution >= 0.6 is 11.6 Å². The largest absolute Gasteiger partial charge is 0.352 e. The van der Waals surface area contributed by atoms with Gasteiger partial charge in [0.2, 0.25) is 5.91 Å². The number of hydrogen-bond acceptors (Lipinski definition) is 1. The first-order valence-electron chi connectivity index (χ1n) is 7.19. The molecule has 2 unspecified atom stereocenters. The Morgan fingerprint density at radius 3 is 2.41 bits per heavy atom. The normalized spacial score (nSPS) is 31.1. The molecule has 0 aromatic rings. The molecule has 1 N–H and O–H groups in total. The lowest BCUT2D eigenvalue weighted by Gasteiger charge is -2.22. The molecule has 2 rings (SSSR count). The Balaban J connectivity index is 1.75. The highest BCUT2D eigenvalue weighted by Gasteiger charge is 2.25. The fourth-order valence-corrected chi connectivity index (χ4v) is 3.51. The molecular weight excluding hydrogens is 234 g/mol. The highest BCUT2D eigenvalue weighted by atomic mass is 35.5. The highest BCUT2D eigenvalue weighted by molar-refractivity contribution is 6.21. The molecule has 0 saturated heterocycles. The molecule has 0 bridgehead atoms. The third-order valence-corrected chi connectivity index (χ3v) is 4.75. The molecular formula is C14H24ClNO. The van der Waals surface area contributed by atoms with E-state index in [0.717, 1.165) is 19.3 Å². The number of carbonyl (C=O) groups excluding carboxylic acids is 1. The Bertz CT molecular complexity index is 251. The number of rotatable bonds is 3. The second-order valence-corrected chi connectivity index (χ2v) is 6.24. The fourth-order valence-electron chi connectivity index (χ4n) is 3.17. The van der Waals surface area contributed by atoms with Crippen molar-refractivity contribution in [2.24, 2.45) is 5.92 Å². The second kappa shape index (κ2) is 6.63. The smallest absolute Gasteiger partial charge is 0.220 e. The molecule has 2 atom stereocenters. The molecule has 0 radical (unpaired) electrons. The highest BCUT2D eigenvalue weighted by Crippen LogP contribution is 2.28. The molecule has 2 fully saturated rings. The van der Waals surface area contributed by atoms with Gasteiger partial charge in [0, 0.05) is 12.5 Å². The van der Waals surface area contributed by atoms with Crippen LogP contribution in [0.1, 0.15) is 64.2 Å². The van der Waals surface area contributed by atoms with Gasteiger partial charge in [0.25, 0.3) is 0 Å². The average molecular weight is 258 g/mol. The zero-order valence-corrected chi connectivity index (χ0v) is 11.3. The van der Waals surface area contributed by atoms with Crippen LogP contribution in [-0.4, -0.2) is 17.3 Å². The van der Waals surface area contributed by atoms with Crippen LogP contribution in [-0.2, 0) is 4.79 Å². The van der Waals surface area contributed by atoms with Gasteiger partial charge in [0.05, 0.1) is 5.38 Å². The monoisotopic (exact) mass is 257 g/mol. The number of carbonyl (C=O) groups is 1. The minimum absolute atomic E-state index is 0.144. The first kappa shape index (κ1) is 13.2. The topological polar surface area (TPSA) is 29.1 Å². The minimum atomic E-state index is 0.144. The molecule has 0 aromatic heterocycles. The van der Waals surface area contributed by atoms with E-state index in [1.54, 1.807) is 0 Å². The van der Waals surface area contributed by atoms with Crippen molar-refractivity contribution < 1.29 is 4.79 Å². The van der Waals surface area contributed by atoms with Gasteiger partial charge in [0.15, 0.2) is 0 Å². The predicted octanol–water partition coefficient (Wildman–Crippen LogP) is 3.62. The molecule has 0 spiro atoms. The van der Waals surface area contributed by atoms with Crippen LogP contribution in [0.5, 0.6) is 0 Å². The standard InChI is InChI=1S/C14H24ClNO/c15-12-8-2-1-3-9-13(12)16-14(17)10-11-6-4-5-7-11/h11-13H,1-10H2,(H,16,17). The van der Waals surface area contributed by atoms with Crippen LogP contribution in [0.4, 0.5) is 0 Å². The summed E-state index contributed by atoms with van der Waals surface area (Å²) in [7, 11) is 0. The molecule has 0 aromatic carbocycles. The zero-order valence-electron chi connectivity index (χ0n) is 10.6. The van der Waals surface area contributed by atoms with Gasteiger partial charge in [-0.15, -0.1) is 11.6 Å². The van der Waals surface area contributed by atoms with Gasteiger partial charge >= 0.3 is 0 Å². The van der Waals surface area contributed by atoms with Gasteiger partial charge < -0.3 is 5.32 Å². The van der Waals surface area contributed by atoms with E-state index in [2.05, 4.69) is 5.32 Å². The van der Waals surface area contributed by atoms with Crippen molar-refractivity contribution >= 4 is 17.5 Å². The van der Waals surface area contributed by atoms with Gasteiger partial charge in [-0.3, -0.25) is 4.79 Å². The Morgan fingerprint density at radius 1 is 1.00 bits per heavy atom. The molecule has 98 valence electrons. The summed E-state index contributed by atoms with van der Waals surface area (Å²) in [4.78, 5) is 12.0. The molecule has 3 heteroatoms. The summed E-state index contributed by atoms with van der Waals surface area (Å²) in [5, 5.41) is 3.31. The fraction of sp³-hybridized carbons (Fsp3) is 0.929. The zero-order chi connectivity index (χ0) is 12.1. The van der Waals surface area contributed by atoms with Crippen LogP contribution in [0.2, 0.25) is 0 Å². The Labute approximate surface area is 109 Å². The van der Waals surface area contributed by atoms with Crippen molar-refractivity contribution in [1.29, 1.82) is 0 Å². The molecule has 2 aliphatic carbocycles.